The number of carbonyl (C=O) groups is 2. The molecule has 1 aromatic carbocycles. The predicted octanol–water partition coefficient (Wildman–Crippen LogP) is 2.11. The van der Waals surface area contributed by atoms with Gasteiger partial charge in [-0.25, -0.2) is 4.79 Å². The summed E-state index contributed by atoms with van der Waals surface area (Å²) in [7, 11) is 3.81. The number of urea groups is 1. The number of hydrogen-bond donors (Lipinski definition) is 2. The summed E-state index contributed by atoms with van der Waals surface area (Å²) in [5.74, 6) is 0.395. The lowest BCUT2D eigenvalue weighted by Crippen LogP contribution is -2.56. The van der Waals surface area contributed by atoms with E-state index in [0.717, 1.165) is 19.4 Å². The van der Waals surface area contributed by atoms with E-state index in [-0.39, 0.29) is 24.4 Å². The van der Waals surface area contributed by atoms with Gasteiger partial charge in [-0.15, -0.1) is 0 Å². The van der Waals surface area contributed by atoms with Crippen LogP contribution in [0.4, 0.5) is 4.79 Å². The van der Waals surface area contributed by atoms with E-state index in [2.05, 4.69) is 46.6 Å². The Labute approximate surface area is 153 Å². The molecule has 0 saturated carbocycles. The van der Waals surface area contributed by atoms with E-state index < -0.39 is 0 Å². The third kappa shape index (κ3) is 2.88. The molecule has 4 rings (SSSR count). The number of Topliss-reactive ketones (excluding diaryl/α,β-unsaturated/α-hetero) is 1. The Balaban J connectivity index is 1.56. The zero-order chi connectivity index (χ0) is 18.4. The number of ketones is 1. The van der Waals surface area contributed by atoms with Crippen LogP contribution in [0, 0.1) is 0 Å². The van der Waals surface area contributed by atoms with Crippen LogP contribution >= 0.6 is 0 Å². The van der Waals surface area contributed by atoms with Gasteiger partial charge in [0, 0.05) is 48.7 Å². The maximum Gasteiger partial charge on any atom is 0.317 e. The second kappa shape index (κ2) is 6.43. The number of rotatable bonds is 3. The van der Waals surface area contributed by atoms with Gasteiger partial charge in [0.05, 0.1) is 6.54 Å². The van der Waals surface area contributed by atoms with Gasteiger partial charge in [-0.1, -0.05) is 12.1 Å². The zero-order valence-electron chi connectivity index (χ0n) is 15.6. The van der Waals surface area contributed by atoms with Gasteiger partial charge in [0.1, 0.15) is 5.78 Å². The maximum absolute atomic E-state index is 12.4. The summed E-state index contributed by atoms with van der Waals surface area (Å²) in [4.78, 5) is 30.9. The molecule has 1 aliphatic carbocycles. The first-order chi connectivity index (χ1) is 12.4. The van der Waals surface area contributed by atoms with E-state index in [9.17, 15) is 9.59 Å². The summed E-state index contributed by atoms with van der Waals surface area (Å²) in [6.07, 6.45) is 4.12. The van der Waals surface area contributed by atoms with Crippen LogP contribution in [0.15, 0.2) is 24.4 Å². The molecular formula is C20H26N4O2. The molecule has 1 fully saturated rings. The van der Waals surface area contributed by atoms with Crippen molar-refractivity contribution in [1.82, 2.24) is 20.1 Å². The first-order valence-corrected chi connectivity index (χ1v) is 9.24. The molecule has 6 nitrogen and oxygen atoms in total. The molecular weight excluding hydrogens is 328 g/mol. The molecule has 2 aromatic rings. The molecule has 2 amide bonds. The van der Waals surface area contributed by atoms with E-state index in [0.29, 0.717) is 12.0 Å². The number of amides is 2. The number of nitrogens with zero attached hydrogens (tertiary/aromatic N) is 2. The summed E-state index contributed by atoms with van der Waals surface area (Å²) >= 11 is 0. The fraction of sp³-hybridized carbons (Fsp3) is 0.500. The molecule has 3 unspecified atom stereocenters. The molecule has 138 valence electrons. The van der Waals surface area contributed by atoms with Gasteiger partial charge in [-0.05, 0) is 44.0 Å². The first kappa shape index (κ1) is 17.1. The van der Waals surface area contributed by atoms with Crippen LogP contribution in [0.25, 0.3) is 10.9 Å². The van der Waals surface area contributed by atoms with Crippen molar-refractivity contribution in [2.75, 3.05) is 27.2 Å². The number of piperidine rings is 1. The normalized spacial score (nSPS) is 25.0. The average Bonchev–Trinajstić information content (AvgIpc) is 3.00. The number of hydrogen-bond acceptors (Lipinski definition) is 3. The van der Waals surface area contributed by atoms with Gasteiger partial charge in [0.25, 0.3) is 0 Å². The van der Waals surface area contributed by atoms with Crippen LogP contribution in [0.5, 0.6) is 0 Å². The van der Waals surface area contributed by atoms with Gasteiger partial charge in [0.2, 0.25) is 0 Å². The van der Waals surface area contributed by atoms with Crippen LogP contribution in [-0.2, 0) is 11.2 Å². The highest BCUT2D eigenvalue weighted by atomic mass is 16.2. The maximum atomic E-state index is 12.4. The molecule has 1 aromatic heterocycles. The Kier molecular flexibility index (Phi) is 4.23. The highest BCUT2D eigenvalue weighted by Crippen LogP contribution is 2.42. The van der Waals surface area contributed by atoms with Crippen molar-refractivity contribution in [3.8, 4) is 0 Å². The Bertz CT molecular complexity index is 859. The number of fused-ring (bicyclic) bond motifs is 2. The van der Waals surface area contributed by atoms with Crippen LogP contribution in [-0.4, -0.2) is 65.9 Å². The summed E-state index contributed by atoms with van der Waals surface area (Å²) in [5, 5.41) is 4.49. The molecule has 0 radical (unpaired) electrons. The number of aromatic nitrogens is 1. The number of nitrogens with one attached hydrogen (secondary N) is 2. The van der Waals surface area contributed by atoms with Crippen LogP contribution in [0.2, 0.25) is 0 Å². The lowest BCUT2D eigenvalue weighted by atomic mass is 9.74. The third-order valence-electron chi connectivity index (χ3n) is 5.86. The van der Waals surface area contributed by atoms with Crippen LogP contribution < -0.4 is 5.32 Å². The fourth-order valence-corrected chi connectivity index (χ4v) is 4.74. The molecule has 2 heterocycles. The molecule has 2 N–H and O–H groups in total. The standard InChI is InChI=1S/C20H26N4O2/c1-12(25)10-24(3)20(26)22-14-8-16-15-5-4-6-17-19(15)13(9-21-17)7-18(16)23(2)11-14/h4-6,9,14,16,18,21H,7-8,10-11H2,1-3H3,(H,22,26). The Hall–Kier alpha value is -2.34. The number of benzene rings is 1. The minimum atomic E-state index is -0.173. The van der Waals surface area contributed by atoms with Crippen molar-refractivity contribution in [3.05, 3.63) is 35.5 Å². The largest absolute Gasteiger partial charge is 0.361 e. The molecule has 0 spiro atoms. The Morgan fingerprint density at radius 3 is 2.96 bits per heavy atom. The molecule has 6 heteroatoms. The van der Waals surface area contributed by atoms with Gasteiger partial charge in [-0.2, -0.15) is 0 Å². The SMILES string of the molecule is CC(=O)CN(C)C(=O)NC1CC2c3cccc4[nH]cc(c34)CC2N(C)C1. The van der Waals surface area contributed by atoms with Crippen molar-refractivity contribution >= 4 is 22.7 Å². The molecule has 3 atom stereocenters. The quantitative estimate of drug-likeness (QED) is 0.887. The summed E-state index contributed by atoms with van der Waals surface area (Å²) in [5.41, 5.74) is 3.98. The summed E-state index contributed by atoms with van der Waals surface area (Å²) in [6.45, 7) is 2.48. The van der Waals surface area contributed by atoms with Crippen LogP contribution in [0.3, 0.4) is 0 Å². The smallest absolute Gasteiger partial charge is 0.317 e. The summed E-state index contributed by atoms with van der Waals surface area (Å²) < 4.78 is 0. The second-order valence-electron chi connectivity index (χ2n) is 7.84. The Morgan fingerprint density at radius 2 is 2.19 bits per heavy atom. The monoisotopic (exact) mass is 354 g/mol. The third-order valence-corrected chi connectivity index (χ3v) is 5.86. The predicted molar refractivity (Wildman–Crippen MR) is 101 cm³/mol. The minimum Gasteiger partial charge on any atom is -0.361 e. The van der Waals surface area contributed by atoms with E-state index in [1.165, 1.54) is 33.9 Å². The average molecular weight is 354 g/mol. The number of aromatic amines is 1. The summed E-state index contributed by atoms with van der Waals surface area (Å²) in [6, 6.07) is 6.85. The van der Waals surface area contributed by atoms with Gasteiger partial charge >= 0.3 is 6.03 Å². The van der Waals surface area contributed by atoms with Crippen molar-refractivity contribution in [3.63, 3.8) is 0 Å². The molecule has 1 aliphatic heterocycles. The van der Waals surface area contributed by atoms with E-state index >= 15 is 0 Å². The van der Waals surface area contributed by atoms with E-state index in [4.69, 9.17) is 0 Å². The first-order valence-electron chi connectivity index (χ1n) is 9.24. The van der Waals surface area contributed by atoms with E-state index in [1.807, 2.05) is 0 Å². The minimum absolute atomic E-state index is 0.0116. The number of likely N-dealkylation sites (N-methyl/N-ethyl adjacent to an activating group) is 2. The highest BCUT2D eigenvalue weighted by Gasteiger charge is 2.39. The lowest BCUT2D eigenvalue weighted by molar-refractivity contribution is -0.117. The lowest BCUT2D eigenvalue weighted by Gasteiger charge is -2.45. The fourth-order valence-electron chi connectivity index (χ4n) is 4.74. The number of carbonyl (C=O) groups excluding carboxylic acids is 2. The topological polar surface area (TPSA) is 68.4 Å². The van der Waals surface area contributed by atoms with Crippen LogP contribution in [0.1, 0.15) is 30.4 Å². The molecule has 26 heavy (non-hydrogen) atoms. The van der Waals surface area contributed by atoms with Crippen molar-refractivity contribution < 1.29 is 9.59 Å². The van der Waals surface area contributed by atoms with E-state index in [1.54, 1.807) is 7.05 Å². The Morgan fingerprint density at radius 1 is 1.38 bits per heavy atom. The second-order valence-corrected chi connectivity index (χ2v) is 7.84. The number of H-pyrrole nitrogens is 1. The van der Waals surface area contributed by atoms with Gasteiger partial charge in [0.15, 0.2) is 0 Å². The number of likely N-dealkylation sites (tertiary alicyclic amines) is 1. The zero-order valence-corrected chi connectivity index (χ0v) is 15.6. The highest BCUT2D eigenvalue weighted by molar-refractivity contribution is 5.88. The molecule has 0 bridgehead atoms. The van der Waals surface area contributed by atoms with Gasteiger partial charge in [-0.3, -0.25) is 4.79 Å². The van der Waals surface area contributed by atoms with Crippen molar-refractivity contribution in [1.29, 1.82) is 0 Å². The molecule has 1 saturated heterocycles. The molecule has 2 aliphatic rings. The van der Waals surface area contributed by atoms with Crippen molar-refractivity contribution in [2.45, 2.75) is 37.8 Å². The van der Waals surface area contributed by atoms with Crippen molar-refractivity contribution in [2.24, 2.45) is 0 Å². The van der Waals surface area contributed by atoms with Gasteiger partial charge < -0.3 is 20.1 Å².